The van der Waals surface area contributed by atoms with Crippen molar-refractivity contribution in [1.29, 1.82) is 0 Å². The molecule has 0 aliphatic rings. The van der Waals surface area contributed by atoms with Gasteiger partial charge in [-0.25, -0.2) is 4.68 Å². The molecule has 1 aromatic carbocycles. The van der Waals surface area contributed by atoms with Crippen LogP contribution in [0.1, 0.15) is 37.7 Å². The van der Waals surface area contributed by atoms with E-state index in [1.807, 2.05) is 4.68 Å². The molecule has 0 radical (unpaired) electrons. The minimum Gasteiger partial charge on any atom is -0.308 e. The highest BCUT2D eigenvalue weighted by Crippen LogP contribution is 2.11. The molecule has 102 valence electrons. The van der Waals surface area contributed by atoms with E-state index in [1.165, 1.54) is 11.1 Å². The van der Waals surface area contributed by atoms with Gasteiger partial charge in [0.1, 0.15) is 0 Å². The van der Waals surface area contributed by atoms with Gasteiger partial charge in [-0.2, -0.15) is 0 Å². The quantitative estimate of drug-likeness (QED) is 0.859. The molecule has 2 rings (SSSR count). The summed E-state index contributed by atoms with van der Waals surface area (Å²) in [6.07, 6.45) is 1.03. The van der Waals surface area contributed by atoms with Crippen LogP contribution in [0.15, 0.2) is 24.3 Å². The highest BCUT2D eigenvalue weighted by molar-refractivity contribution is 5.27. The molecule has 0 bridgehead atoms. The van der Waals surface area contributed by atoms with Crippen LogP contribution in [-0.4, -0.2) is 26.2 Å². The molecule has 0 aliphatic heterocycles. The Labute approximate surface area is 114 Å². The smallest absolute Gasteiger partial charge is 0.165 e. The summed E-state index contributed by atoms with van der Waals surface area (Å²) in [6, 6.07) is 8.85. The molecule has 0 aliphatic carbocycles. The molecule has 2 aromatic rings. The first-order valence-electron chi connectivity index (χ1n) is 6.76. The third kappa shape index (κ3) is 3.61. The summed E-state index contributed by atoms with van der Waals surface area (Å²) in [6.45, 7) is 7.81. The summed E-state index contributed by atoms with van der Waals surface area (Å²) < 4.78 is 1.86. The van der Waals surface area contributed by atoms with Gasteiger partial charge in [-0.3, -0.25) is 0 Å². The number of aryl methyl sites for hydroxylation is 1. The van der Waals surface area contributed by atoms with Gasteiger partial charge in [0.15, 0.2) is 5.82 Å². The molecule has 0 amide bonds. The van der Waals surface area contributed by atoms with Crippen molar-refractivity contribution in [2.75, 3.05) is 0 Å². The predicted molar refractivity (Wildman–Crippen MR) is 74.7 cm³/mol. The highest BCUT2D eigenvalue weighted by Gasteiger charge is 2.08. The van der Waals surface area contributed by atoms with Crippen LogP contribution in [0, 0.1) is 0 Å². The molecule has 0 unspecified atom stereocenters. The van der Waals surface area contributed by atoms with E-state index in [-0.39, 0.29) is 0 Å². The molecule has 0 atom stereocenters. The Morgan fingerprint density at radius 2 is 1.95 bits per heavy atom. The van der Waals surface area contributed by atoms with E-state index in [4.69, 9.17) is 0 Å². The van der Waals surface area contributed by atoms with Gasteiger partial charge in [-0.15, -0.1) is 5.10 Å². The molecule has 0 saturated heterocycles. The van der Waals surface area contributed by atoms with Crippen LogP contribution in [0.4, 0.5) is 0 Å². The molecule has 1 N–H and O–H groups in total. The first-order valence-corrected chi connectivity index (χ1v) is 6.76. The molecule has 5 nitrogen and oxygen atoms in total. The third-order valence-electron chi connectivity index (χ3n) is 3.09. The van der Waals surface area contributed by atoms with Gasteiger partial charge >= 0.3 is 0 Å². The van der Waals surface area contributed by atoms with Gasteiger partial charge in [0.25, 0.3) is 0 Å². The fourth-order valence-electron chi connectivity index (χ4n) is 1.99. The zero-order valence-corrected chi connectivity index (χ0v) is 11.8. The Hall–Kier alpha value is -1.75. The van der Waals surface area contributed by atoms with Gasteiger partial charge in [-0.1, -0.05) is 45.0 Å². The van der Waals surface area contributed by atoms with Gasteiger partial charge in [0.05, 0.1) is 13.1 Å². The van der Waals surface area contributed by atoms with Crippen molar-refractivity contribution in [1.82, 2.24) is 25.5 Å². The largest absolute Gasteiger partial charge is 0.308 e. The number of tetrazole rings is 1. The van der Waals surface area contributed by atoms with Crippen LogP contribution in [0.3, 0.4) is 0 Å². The number of hydrogen-bond acceptors (Lipinski definition) is 4. The fourth-order valence-corrected chi connectivity index (χ4v) is 1.99. The van der Waals surface area contributed by atoms with Crippen LogP contribution in [0.25, 0.3) is 0 Å². The maximum Gasteiger partial charge on any atom is 0.165 e. The molecule has 0 fully saturated rings. The summed E-state index contributed by atoms with van der Waals surface area (Å²) >= 11 is 0. The standard InChI is InChI=1S/C14H21N5/c1-4-12-7-5-6-8-13(12)10-19-14(16-17-18-19)9-15-11(2)3/h5-8,11,15H,4,9-10H2,1-3H3. The minimum absolute atomic E-state index is 0.424. The van der Waals surface area contributed by atoms with Crippen molar-refractivity contribution in [3.8, 4) is 0 Å². The minimum atomic E-state index is 0.424. The van der Waals surface area contributed by atoms with E-state index < -0.39 is 0 Å². The monoisotopic (exact) mass is 259 g/mol. The Morgan fingerprint density at radius 3 is 2.63 bits per heavy atom. The van der Waals surface area contributed by atoms with Gasteiger partial charge < -0.3 is 5.32 Å². The summed E-state index contributed by atoms with van der Waals surface area (Å²) in [7, 11) is 0. The van der Waals surface area contributed by atoms with E-state index in [0.717, 1.165) is 18.8 Å². The van der Waals surface area contributed by atoms with Crippen molar-refractivity contribution in [2.45, 2.75) is 46.3 Å². The lowest BCUT2D eigenvalue weighted by Crippen LogP contribution is -2.24. The highest BCUT2D eigenvalue weighted by atomic mass is 15.5. The van der Waals surface area contributed by atoms with Crippen LogP contribution >= 0.6 is 0 Å². The third-order valence-corrected chi connectivity index (χ3v) is 3.09. The van der Waals surface area contributed by atoms with Crippen molar-refractivity contribution in [2.24, 2.45) is 0 Å². The second kappa shape index (κ2) is 6.43. The predicted octanol–water partition coefficient (Wildman–Crippen LogP) is 1.78. The number of nitrogens with one attached hydrogen (secondary N) is 1. The summed E-state index contributed by atoms with van der Waals surface area (Å²) in [5, 5.41) is 15.3. The lowest BCUT2D eigenvalue weighted by atomic mass is 10.1. The molecule has 1 aromatic heterocycles. The summed E-state index contributed by atoms with van der Waals surface area (Å²) in [5.74, 6) is 0.875. The van der Waals surface area contributed by atoms with Crippen LogP contribution in [-0.2, 0) is 19.5 Å². The summed E-state index contributed by atoms with van der Waals surface area (Å²) in [5.41, 5.74) is 2.63. The Morgan fingerprint density at radius 1 is 1.21 bits per heavy atom. The fraction of sp³-hybridized carbons (Fsp3) is 0.500. The van der Waals surface area contributed by atoms with Crippen LogP contribution < -0.4 is 5.32 Å². The molecule has 1 heterocycles. The number of benzene rings is 1. The second-order valence-electron chi connectivity index (χ2n) is 4.91. The Bertz CT molecular complexity index is 518. The van der Waals surface area contributed by atoms with Gasteiger partial charge in [0, 0.05) is 6.04 Å². The lowest BCUT2D eigenvalue weighted by Gasteiger charge is -2.10. The first-order chi connectivity index (χ1) is 9.20. The lowest BCUT2D eigenvalue weighted by molar-refractivity contribution is 0.537. The normalized spacial score (nSPS) is 11.2. The number of rotatable bonds is 6. The van der Waals surface area contributed by atoms with Crippen molar-refractivity contribution in [3.05, 3.63) is 41.2 Å². The molecule has 5 heteroatoms. The van der Waals surface area contributed by atoms with Gasteiger partial charge in [-0.05, 0) is 28.0 Å². The summed E-state index contributed by atoms with van der Waals surface area (Å²) in [4.78, 5) is 0. The first kappa shape index (κ1) is 13.7. The van der Waals surface area contributed by atoms with E-state index in [0.29, 0.717) is 12.6 Å². The van der Waals surface area contributed by atoms with E-state index in [2.05, 4.69) is 65.9 Å². The van der Waals surface area contributed by atoms with Crippen molar-refractivity contribution >= 4 is 0 Å². The van der Waals surface area contributed by atoms with Crippen molar-refractivity contribution < 1.29 is 0 Å². The van der Waals surface area contributed by atoms with Crippen molar-refractivity contribution in [3.63, 3.8) is 0 Å². The molecular weight excluding hydrogens is 238 g/mol. The Kier molecular flexibility index (Phi) is 4.63. The van der Waals surface area contributed by atoms with E-state index in [1.54, 1.807) is 0 Å². The van der Waals surface area contributed by atoms with E-state index in [9.17, 15) is 0 Å². The molecule has 0 spiro atoms. The molecule has 19 heavy (non-hydrogen) atoms. The van der Waals surface area contributed by atoms with Crippen LogP contribution in [0.2, 0.25) is 0 Å². The topological polar surface area (TPSA) is 55.6 Å². The van der Waals surface area contributed by atoms with Gasteiger partial charge in [0.2, 0.25) is 0 Å². The number of nitrogens with zero attached hydrogens (tertiary/aromatic N) is 4. The average molecular weight is 259 g/mol. The SMILES string of the molecule is CCc1ccccc1Cn1nnnc1CNC(C)C. The molecule has 0 saturated carbocycles. The maximum atomic E-state index is 4.08. The maximum absolute atomic E-state index is 4.08. The van der Waals surface area contributed by atoms with Crippen LogP contribution in [0.5, 0.6) is 0 Å². The number of hydrogen-bond donors (Lipinski definition) is 1. The average Bonchev–Trinajstić information content (AvgIpc) is 2.84. The van der Waals surface area contributed by atoms with E-state index >= 15 is 0 Å². The second-order valence-corrected chi connectivity index (χ2v) is 4.91. The number of aromatic nitrogens is 4. The Balaban J connectivity index is 2.12. The zero-order valence-electron chi connectivity index (χ0n) is 11.8. The zero-order chi connectivity index (χ0) is 13.7. The molecular formula is C14H21N5.